The van der Waals surface area contributed by atoms with E-state index in [0.717, 1.165) is 44.8 Å². The Bertz CT molecular complexity index is 890. The van der Waals surface area contributed by atoms with Crippen LogP contribution in [-0.4, -0.2) is 21.3 Å². The van der Waals surface area contributed by atoms with Gasteiger partial charge in [0.15, 0.2) is 0 Å². The number of para-hydroxylation sites is 2. The molecule has 0 spiro atoms. The highest BCUT2D eigenvalue weighted by Crippen LogP contribution is 2.44. The molecule has 0 aromatic heterocycles. The second kappa shape index (κ2) is 7.58. The van der Waals surface area contributed by atoms with Crippen LogP contribution >= 0.6 is 9.24 Å². The average molecular weight is 352 g/mol. The Labute approximate surface area is 150 Å². The molecule has 3 aromatic carbocycles. The van der Waals surface area contributed by atoms with Crippen molar-refractivity contribution in [2.75, 3.05) is 21.3 Å². The van der Waals surface area contributed by atoms with Gasteiger partial charge in [-0.25, -0.2) is 0 Å². The maximum atomic E-state index is 5.68. The highest BCUT2D eigenvalue weighted by atomic mass is 31.0. The molecule has 0 saturated carbocycles. The molecule has 0 amide bonds. The van der Waals surface area contributed by atoms with E-state index < -0.39 is 0 Å². The fourth-order valence-corrected chi connectivity index (χ4v) is 3.43. The fourth-order valence-electron chi connectivity index (χ4n) is 3.03. The SMILES string of the molecule is COc1ccccc1-c1c(P)ccc(OC)c1-c1ccccc1OC. The molecule has 0 aliphatic carbocycles. The zero-order valence-electron chi connectivity index (χ0n) is 14.6. The van der Waals surface area contributed by atoms with Crippen molar-refractivity contribution in [1.29, 1.82) is 0 Å². The summed E-state index contributed by atoms with van der Waals surface area (Å²) < 4.78 is 16.9. The van der Waals surface area contributed by atoms with Crippen LogP contribution in [-0.2, 0) is 0 Å². The quantitative estimate of drug-likeness (QED) is 0.631. The van der Waals surface area contributed by atoms with E-state index in [-0.39, 0.29) is 0 Å². The van der Waals surface area contributed by atoms with Crippen molar-refractivity contribution in [3.63, 3.8) is 0 Å². The van der Waals surface area contributed by atoms with Crippen molar-refractivity contribution in [3.05, 3.63) is 60.7 Å². The summed E-state index contributed by atoms with van der Waals surface area (Å²) in [5, 5.41) is 1.06. The summed E-state index contributed by atoms with van der Waals surface area (Å²) in [5.74, 6) is 2.40. The van der Waals surface area contributed by atoms with Crippen LogP contribution in [0.15, 0.2) is 60.7 Å². The van der Waals surface area contributed by atoms with E-state index in [1.54, 1.807) is 21.3 Å². The number of hydrogen-bond donors (Lipinski definition) is 0. The van der Waals surface area contributed by atoms with E-state index in [1.165, 1.54) is 0 Å². The predicted molar refractivity (Wildman–Crippen MR) is 106 cm³/mol. The summed E-state index contributed by atoms with van der Waals surface area (Å²) in [6.07, 6.45) is 0. The zero-order chi connectivity index (χ0) is 17.8. The normalized spacial score (nSPS) is 10.4. The molecule has 1 unspecified atom stereocenters. The Balaban J connectivity index is 2.40. The number of methoxy groups -OCH3 is 3. The van der Waals surface area contributed by atoms with Gasteiger partial charge in [0.05, 0.1) is 21.3 Å². The van der Waals surface area contributed by atoms with Crippen LogP contribution in [0.3, 0.4) is 0 Å². The van der Waals surface area contributed by atoms with Gasteiger partial charge in [-0.15, -0.1) is 9.24 Å². The van der Waals surface area contributed by atoms with Crippen LogP contribution in [0.2, 0.25) is 0 Å². The summed E-state index contributed by atoms with van der Waals surface area (Å²) in [6.45, 7) is 0. The van der Waals surface area contributed by atoms with Gasteiger partial charge in [0.1, 0.15) is 17.2 Å². The lowest BCUT2D eigenvalue weighted by molar-refractivity contribution is 0.410. The first-order chi connectivity index (χ1) is 12.2. The molecule has 0 aliphatic rings. The fraction of sp³-hybridized carbons (Fsp3) is 0.143. The first-order valence-electron chi connectivity index (χ1n) is 7.94. The molecule has 3 rings (SSSR count). The van der Waals surface area contributed by atoms with Crippen LogP contribution in [0.4, 0.5) is 0 Å². The summed E-state index contributed by atoms with van der Waals surface area (Å²) >= 11 is 0. The Kier molecular flexibility index (Phi) is 5.25. The smallest absolute Gasteiger partial charge is 0.127 e. The van der Waals surface area contributed by atoms with E-state index >= 15 is 0 Å². The van der Waals surface area contributed by atoms with E-state index in [4.69, 9.17) is 14.2 Å². The molecule has 3 aromatic rings. The van der Waals surface area contributed by atoms with Crippen LogP contribution < -0.4 is 19.5 Å². The van der Waals surface area contributed by atoms with Crippen LogP contribution in [0, 0.1) is 0 Å². The van der Waals surface area contributed by atoms with Gasteiger partial charge in [0.2, 0.25) is 0 Å². The molecule has 1 atom stereocenters. The lowest BCUT2D eigenvalue weighted by atomic mass is 9.92. The molecule has 25 heavy (non-hydrogen) atoms. The second-order valence-electron chi connectivity index (χ2n) is 5.51. The maximum Gasteiger partial charge on any atom is 0.127 e. The topological polar surface area (TPSA) is 27.7 Å². The lowest BCUT2D eigenvalue weighted by Crippen LogP contribution is -2.04. The molecule has 0 heterocycles. The van der Waals surface area contributed by atoms with Gasteiger partial charge in [-0.1, -0.05) is 42.5 Å². The van der Waals surface area contributed by atoms with Crippen molar-refractivity contribution < 1.29 is 14.2 Å². The summed E-state index contributed by atoms with van der Waals surface area (Å²) in [6, 6.07) is 20.0. The van der Waals surface area contributed by atoms with Gasteiger partial charge in [0.25, 0.3) is 0 Å². The molecular weight excluding hydrogens is 331 g/mol. The molecule has 0 aliphatic heterocycles. The third-order valence-electron chi connectivity index (χ3n) is 4.17. The van der Waals surface area contributed by atoms with Crippen molar-refractivity contribution >= 4 is 14.5 Å². The number of rotatable bonds is 5. The standard InChI is InChI=1S/C21H21O3P/c1-22-16-10-6-4-8-14(16)20-18(24-3)12-13-19(25)21(20)15-9-5-7-11-17(15)23-2/h4-13H,25H2,1-3H3. The average Bonchev–Trinajstić information content (AvgIpc) is 2.67. The molecule has 128 valence electrons. The van der Waals surface area contributed by atoms with E-state index in [2.05, 4.69) is 15.3 Å². The molecular formula is C21H21O3P. The highest BCUT2D eigenvalue weighted by Gasteiger charge is 2.20. The summed E-state index contributed by atoms with van der Waals surface area (Å²) in [4.78, 5) is 0. The van der Waals surface area contributed by atoms with Gasteiger partial charge < -0.3 is 14.2 Å². The third kappa shape index (κ3) is 3.20. The van der Waals surface area contributed by atoms with Crippen LogP contribution in [0.25, 0.3) is 22.3 Å². The molecule has 0 bridgehead atoms. The van der Waals surface area contributed by atoms with Gasteiger partial charge in [0, 0.05) is 22.3 Å². The molecule has 0 fully saturated rings. The predicted octanol–water partition coefficient (Wildman–Crippen LogP) is 4.55. The molecule has 0 saturated heterocycles. The first-order valence-corrected chi connectivity index (χ1v) is 8.52. The van der Waals surface area contributed by atoms with Crippen molar-refractivity contribution in [3.8, 4) is 39.5 Å². The Hall–Kier alpha value is -2.51. The number of benzene rings is 3. The zero-order valence-corrected chi connectivity index (χ0v) is 15.7. The minimum atomic E-state index is 0.789. The van der Waals surface area contributed by atoms with Crippen molar-refractivity contribution in [2.45, 2.75) is 0 Å². The van der Waals surface area contributed by atoms with Crippen LogP contribution in [0.5, 0.6) is 17.2 Å². The van der Waals surface area contributed by atoms with E-state index in [0.29, 0.717) is 0 Å². The van der Waals surface area contributed by atoms with Gasteiger partial charge in [-0.3, -0.25) is 0 Å². The van der Waals surface area contributed by atoms with Crippen molar-refractivity contribution in [1.82, 2.24) is 0 Å². The highest BCUT2D eigenvalue weighted by molar-refractivity contribution is 7.28. The first kappa shape index (κ1) is 17.3. The molecule has 0 N–H and O–H groups in total. The molecule has 0 radical (unpaired) electrons. The monoisotopic (exact) mass is 352 g/mol. The third-order valence-corrected chi connectivity index (χ3v) is 4.65. The minimum Gasteiger partial charge on any atom is -0.496 e. The Morgan fingerprint density at radius 1 is 0.560 bits per heavy atom. The summed E-state index contributed by atoms with van der Waals surface area (Å²) in [7, 11) is 7.86. The number of hydrogen-bond acceptors (Lipinski definition) is 3. The second-order valence-corrected chi connectivity index (χ2v) is 6.13. The van der Waals surface area contributed by atoms with Gasteiger partial charge >= 0.3 is 0 Å². The van der Waals surface area contributed by atoms with Crippen LogP contribution in [0.1, 0.15) is 0 Å². The number of ether oxygens (including phenoxy) is 3. The maximum absolute atomic E-state index is 5.68. The van der Waals surface area contributed by atoms with E-state index in [9.17, 15) is 0 Å². The van der Waals surface area contributed by atoms with E-state index in [1.807, 2.05) is 54.6 Å². The Morgan fingerprint density at radius 2 is 1.04 bits per heavy atom. The van der Waals surface area contributed by atoms with Crippen molar-refractivity contribution in [2.24, 2.45) is 0 Å². The largest absolute Gasteiger partial charge is 0.496 e. The molecule has 4 heteroatoms. The summed E-state index contributed by atoms with van der Waals surface area (Å²) in [5.41, 5.74) is 4.02. The minimum absolute atomic E-state index is 0.789. The van der Waals surface area contributed by atoms with Gasteiger partial charge in [-0.2, -0.15) is 0 Å². The lowest BCUT2D eigenvalue weighted by Gasteiger charge is -2.20. The Morgan fingerprint density at radius 3 is 1.56 bits per heavy atom. The van der Waals surface area contributed by atoms with Gasteiger partial charge in [-0.05, 0) is 23.5 Å². The molecule has 3 nitrogen and oxygen atoms in total.